The molecular weight excluding hydrogens is 152 g/mol. The van der Waals surface area contributed by atoms with Gasteiger partial charge in [0.1, 0.15) is 6.61 Å². The molecule has 0 aromatic rings. The van der Waals surface area contributed by atoms with E-state index in [9.17, 15) is 4.79 Å². The molecule has 1 rings (SSSR count). The first-order valence-electron chi connectivity index (χ1n) is 4.43. The Kier molecular flexibility index (Phi) is 2.90. The monoisotopic (exact) mass is 168 g/mol. The van der Waals surface area contributed by atoms with Gasteiger partial charge in [-0.2, -0.15) is 0 Å². The lowest BCUT2D eigenvalue weighted by atomic mass is 10.0. The minimum Gasteiger partial charge on any atom is -0.461 e. The maximum atomic E-state index is 10.5. The van der Waals surface area contributed by atoms with Crippen molar-refractivity contribution in [1.29, 1.82) is 0 Å². The van der Waals surface area contributed by atoms with Gasteiger partial charge >= 0.3 is 5.97 Å². The van der Waals surface area contributed by atoms with Crippen molar-refractivity contribution < 1.29 is 9.53 Å². The minimum absolute atomic E-state index is 0.192. The van der Waals surface area contributed by atoms with Crippen LogP contribution in [0.3, 0.4) is 0 Å². The molecule has 0 bridgehead atoms. The smallest absolute Gasteiger partial charge is 0.302 e. The molecule has 2 unspecified atom stereocenters. The molecule has 0 heterocycles. The van der Waals surface area contributed by atoms with Crippen molar-refractivity contribution in [3.05, 3.63) is 11.6 Å². The Morgan fingerprint density at radius 1 is 1.67 bits per heavy atom. The molecule has 0 saturated carbocycles. The van der Waals surface area contributed by atoms with Crippen molar-refractivity contribution in [3.63, 3.8) is 0 Å². The number of hydrogen-bond donors (Lipinski definition) is 0. The zero-order chi connectivity index (χ0) is 9.14. The predicted octanol–water partition coefficient (Wildman–Crippen LogP) is 2.15. The lowest BCUT2D eigenvalue weighted by molar-refractivity contribution is -0.140. The molecule has 0 aliphatic heterocycles. The van der Waals surface area contributed by atoms with Crippen LogP contribution in [0.5, 0.6) is 0 Å². The second-order valence-corrected chi connectivity index (χ2v) is 3.64. The molecule has 2 atom stereocenters. The van der Waals surface area contributed by atoms with Gasteiger partial charge in [0.2, 0.25) is 0 Å². The molecule has 1 aliphatic carbocycles. The Hall–Kier alpha value is -0.790. The summed E-state index contributed by atoms with van der Waals surface area (Å²) in [5.41, 5.74) is 1.28. The van der Waals surface area contributed by atoms with Crippen molar-refractivity contribution in [2.24, 2.45) is 11.8 Å². The molecule has 0 spiro atoms. The largest absolute Gasteiger partial charge is 0.461 e. The number of hydrogen-bond acceptors (Lipinski definition) is 2. The molecule has 0 amide bonds. The predicted molar refractivity (Wildman–Crippen MR) is 47.7 cm³/mol. The van der Waals surface area contributed by atoms with Crippen LogP contribution in [0.2, 0.25) is 0 Å². The van der Waals surface area contributed by atoms with Gasteiger partial charge in [-0.05, 0) is 23.8 Å². The first kappa shape index (κ1) is 9.30. The molecule has 2 nitrogen and oxygen atoms in total. The number of carbonyl (C=O) groups is 1. The minimum atomic E-state index is -0.192. The second kappa shape index (κ2) is 3.74. The van der Waals surface area contributed by atoms with Crippen LogP contribution >= 0.6 is 0 Å². The Labute approximate surface area is 73.6 Å². The highest BCUT2D eigenvalue weighted by Gasteiger charge is 2.19. The highest BCUT2D eigenvalue weighted by Crippen LogP contribution is 2.29. The van der Waals surface area contributed by atoms with Crippen LogP contribution in [0.25, 0.3) is 0 Å². The van der Waals surface area contributed by atoms with E-state index < -0.39 is 0 Å². The summed E-state index contributed by atoms with van der Waals surface area (Å²) >= 11 is 0. The molecule has 0 fully saturated rings. The molecule has 12 heavy (non-hydrogen) atoms. The number of rotatable bonds is 2. The topological polar surface area (TPSA) is 26.3 Å². The van der Waals surface area contributed by atoms with Gasteiger partial charge in [0.05, 0.1) is 0 Å². The van der Waals surface area contributed by atoms with Crippen LogP contribution in [0, 0.1) is 11.8 Å². The van der Waals surface area contributed by atoms with E-state index in [0.29, 0.717) is 18.4 Å². The SMILES string of the molecule is CC(=O)OCC1=CC(C)CC1C. The van der Waals surface area contributed by atoms with Gasteiger partial charge in [-0.25, -0.2) is 0 Å². The quantitative estimate of drug-likeness (QED) is 0.466. The Balaban J connectivity index is 2.41. The Morgan fingerprint density at radius 3 is 2.75 bits per heavy atom. The maximum Gasteiger partial charge on any atom is 0.302 e. The first-order chi connectivity index (χ1) is 5.59. The fourth-order valence-corrected chi connectivity index (χ4v) is 1.68. The van der Waals surface area contributed by atoms with E-state index in [1.807, 2.05) is 0 Å². The van der Waals surface area contributed by atoms with Crippen LogP contribution in [0.4, 0.5) is 0 Å². The summed E-state index contributed by atoms with van der Waals surface area (Å²) in [6, 6.07) is 0. The van der Waals surface area contributed by atoms with Gasteiger partial charge in [-0.15, -0.1) is 0 Å². The molecule has 0 aromatic carbocycles. The third-order valence-corrected chi connectivity index (χ3v) is 2.30. The zero-order valence-corrected chi connectivity index (χ0v) is 7.96. The van der Waals surface area contributed by atoms with Crippen molar-refractivity contribution >= 4 is 5.97 Å². The van der Waals surface area contributed by atoms with E-state index in [4.69, 9.17) is 4.74 Å². The van der Waals surface area contributed by atoms with Crippen molar-refractivity contribution in [2.75, 3.05) is 6.61 Å². The van der Waals surface area contributed by atoms with E-state index in [2.05, 4.69) is 19.9 Å². The molecule has 2 heteroatoms. The van der Waals surface area contributed by atoms with Crippen LogP contribution in [0.1, 0.15) is 27.2 Å². The molecule has 0 radical (unpaired) electrons. The van der Waals surface area contributed by atoms with Gasteiger partial charge in [-0.3, -0.25) is 4.79 Å². The van der Waals surface area contributed by atoms with E-state index >= 15 is 0 Å². The summed E-state index contributed by atoms with van der Waals surface area (Å²) in [4.78, 5) is 10.5. The standard InChI is InChI=1S/C10H16O2/c1-7-4-8(2)10(5-7)6-12-9(3)11/h5,7-8H,4,6H2,1-3H3. The lowest BCUT2D eigenvalue weighted by Crippen LogP contribution is -2.06. The highest BCUT2D eigenvalue weighted by molar-refractivity contribution is 5.66. The second-order valence-electron chi connectivity index (χ2n) is 3.64. The molecule has 68 valence electrons. The van der Waals surface area contributed by atoms with Crippen molar-refractivity contribution in [1.82, 2.24) is 0 Å². The lowest BCUT2D eigenvalue weighted by Gasteiger charge is -2.08. The number of carbonyl (C=O) groups excluding carboxylic acids is 1. The summed E-state index contributed by atoms with van der Waals surface area (Å²) in [7, 11) is 0. The molecule has 1 aliphatic rings. The zero-order valence-electron chi connectivity index (χ0n) is 7.96. The third-order valence-electron chi connectivity index (χ3n) is 2.30. The van der Waals surface area contributed by atoms with E-state index in [0.717, 1.165) is 0 Å². The highest BCUT2D eigenvalue weighted by atomic mass is 16.5. The summed E-state index contributed by atoms with van der Waals surface area (Å²) in [6.45, 7) is 6.31. The normalized spacial score (nSPS) is 28.4. The van der Waals surface area contributed by atoms with Crippen molar-refractivity contribution in [2.45, 2.75) is 27.2 Å². The summed E-state index contributed by atoms with van der Waals surface area (Å²) in [6.07, 6.45) is 3.41. The summed E-state index contributed by atoms with van der Waals surface area (Å²) < 4.78 is 4.94. The van der Waals surface area contributed by atoms with E-state index in [1.165, 1.54) is 18.9 Å². The van der Waals surface area contributed by atoms with Crippen LogP contribution in [-0.4, -0.2) is 12.6 Å². The number of esters is 1. The fraction of sp³-hybridized carbons (Fsp3) is 0.700. The van der Waals surface area contributed by atoms with Gasteiger partial charge < -0.3 is 4.74 Å². The molecule has 0 aromatic heterocycles. The Morgan fingerprint density at radius 2 is 2.33 bits per heavy atom. The van der Waals surface area contributed by atoms with E-state index in [-0.39, 0.29) is 5.97 Å². The first-order valence-corrected chi connectivity index (χ1v) is 4.43. The maximum absolute atomic E-state index is 10.5. The fourth-order valence-electron chi connectivity index (χ4n) is 1.68. The summed E-state index contributed by atoms with van der Waals surface area (Å²) in [5, 5.41) is 0. The average Bonchev–Trinajstić information content (AvgIpc) is 2.26. The third kappa shape index (κ3) is 2.36. The van der Waals surface area contributed by atoms with Gasteiger partial charge in [0.15, 0.2) is 0 Å². The number of allylic oxidation sites excluding steroid dienone is 1. The molecule has 0 N–H and O–H groups in total. The van der Waals surface area contributed by atoms with Gasteiger partial charge in [0.25, 0.3) is 0 Å². The van der Waals surface area contributed by atoms with Crippen LogP contribution < -0.4 is 0 Å². The van der Waals surface area contributed by atoms with Crippen LogP contribution in [0.15, 0.2) is 11.6 Å². The van der Waals surface area contributed by atoms with E-state index in [1.54, 1.807) is 0 Å². The number of ether oxygens (including phenoxy) is 1. The Bertz CT molecular complexity index is 206. The van der Waals surface area contributed by atoms with Gasteiger partial charge in [-0.1, -0.05) is 19.9 Å². The summed E-state index contributed by atoms with van der Waals surface area (Å²) in [5.74, 6) is 1.03. The van der Waals surface area contributed by atoms with Gasteiger partial charge in [0, 0.05) is 6.92 Å². The van der Waals surface area contributed by atoms with Crippen molar-refractivity contribution in [3.8, 4) is 0 Å². The molecular formula is C10H16O2. The average molecular weight is 168 g/mol. The van der Waals surface area contributed by atoms with Crippen LogP contribution in [-0.2, 0) is 9.53 Å². The molecule has 0 saturated heterocycles.